The maximum absolute atomic E-state index is 13.5. The topological polar surface area (TPSA) is 172 Å². The number of hydrogen-bond acceptors (Lipinski definition) is 11. The van der Waals surface area contributed by atoms with E-state index in [4.69, 9.17) is 18.9 Å². The second-order valence-corrected chi connectivity index (χ2v) is 7.42. The number of carbonyl (C=O) groups excluding carboxylic acids is 6. The molecule has 2 aliphatic heterocycles. The number of hydrogen-bond donors (Lipinski definition) is 2. The third-order valence-corrected chi connectivity index (χ3v) is 5.05. The highest BCUT2D eigenvalue weighted by Gasteiger charge is 2.53. The van der Waals surface area contributed by atoms with Gasteiger partial charge in [0.05, 0.1) is 11.1 Å². The quantitative estimate of drug-likeness (QED) is 0.241. The molecule has 33 heavy (non-hydrogen) atoms. The first-order valence-electron chi connectivity index (χ1n) is 9.85. The lowest BCUT2D eigenvalue weighted by molar-refractivity contribution is -0.268. The molecule has 1 aromatic carbocycles. The number of amides is 2. The van der Waals surface area contributed by atoms with E-state index in [1.807, 2.05) is 0 Å². The van der Waals surface area contributed by atoms with Gasteiger partial charge in [-0.05, 0) is 6.07 Å². The number of rotatable bonds is 6. The standard InChI is InChI=1S/C21H21NO11/c1-8(23)30-7-13-17(31-9(2)24)18(32-10(3)25)15(21(29)33-13)16(26)11-5-4-6-12-14(11)20(28)22-19(12)27/h4-6,13,15,17-18,21,29H,7H2,1-3H3,(H,22,27,28)/t13-,15-,17-,18-,21?/m1/s1. The number of fused-ring (bicyclic) bond motifs is 1. The van der Waals surface area contributed by atoms with Crippen molar-refractivity contribution in [1.82, 2.24) is 5.32 Å². The van der Waals surface area contributed by atoms with Crippen molar-refractivity contribution in [3.05, 3.63) is 34.9 Å². The van der Waals surface area contributed by atoms with E-state index in [2.05, 4.69) is 5.32 Å². The number of esters is 3. The summed E-state index contributed by atoms with van der Waals surface area (Å²) >= 11 is 0. The van der Waals surface area contributed by atoms with E-state index in [1.54, 1.807) is 0 Å². The minimum absolute atomic E-state index is 0.0367. The highest BCUT2D eigenvalue weighted by Crippen LogP contribution is 2.34. The van der Waals surface area contributed by atoms with Crippen molar-refractivity contribution in [2.45, 2.75) is 45.4 Å². The Balaban J connectivity index is 2.04. The molecule has 12 nitrogen and oxygen atoms in total. The van der Waals surface area contributed by atoms with Crippen molar-refractivity contribution in [2.75, 3.05) is 6.61 Å². The fourth-order valence-electron chi connectivity index (χ4n) is 3.80. The summed E-state index contributed by atoms with van der Waals surface area (Å²) in [5.41, 5.74) is -0.460. The summed E-state index contributed by atoms with van der Waals surface area (Å²) in [7, 11) is 0. The molecule has 0 radical (unpaired) electrons. The Morgan fingerprint density at radius 2 is 1.61 bits per heavy atom. The molecule has 0 bridgehead atoms. The number of nitrogens with one attached hydrogen (secondary N) is 1. The van der Waals surface area contributed by atoms with E-state index >= 15 is 0 Å². The van der Waals surface area contributed by atoms with E-state index < -0.39 is 72.6 Å². The van der Waals surface area contributed by atoms with E-state index in [1.165, 1.54) is 18.2 Å². The molecule has 176 valence electrons. The van der Waals surface area contributed by atoms with Gasteiger partial charge in [-0.15, -0.1) is 0 Å². The second-order valence-electron chi connectivity index (χ2n) is 7.42. The number of carbonyl (C=O) groups is 6. The predicted octanol–water partition coefficient (Wildman–Crippen LogP) is -0.487. The summed E-state index contributed by atoms with van der Waals surface area (Å²) in [4.78, 5) is 72.5. The summed E-state index contributed by atoms with van der Waals surface area (Å²) in [5.74, 6) is -6.39. The smallest absolute Gasteiger partial charge is 0.303 e. The van der Waals surface area contributed by atoms with Gasteiger partial charge in [0.1, 0.15) is 18.6 Å². The fraction of sp³-hybridized carbons (Fsp3) is 0.429. The van der Waals surface area contributed by atoms with Crippen LogP contribution in [0.2, 0.25) is 0 Å². The zero-order valence-electron chi connectivity index (χ0n) is 17.9. The minimum atomic E-state index is -1.90. The van der Waals surface area contributed by atoms with Gasteiger partial charge in [-0.25, -0.2) is 0 Å². The Morgan fingerprint density at radius 1 is 0.970 bits per heavy atom. The first-order valence-corrected chi connectivity index (χ1v) is 9.85. The summed E-state index contributed by atoms with van der Waals surface area (Å²) in [5, 5.41) is 12.7. The molecule has 2 N–H and O–H groups in total. The Kier molecular flexibility index (Phi) is 6.89. The molecule has 0 saturated carbocycles. The third kappa shape index (κ3) is 4.91. The largest absolute Gasteiger partial charge is 0.463 e. The molecule has 3 rings (SSSR count). The molecule has 12 heteroatoms. The van der Waals surface area contributed by atoms with Gasteiger partial charge in [0.15, 0.2) is 24.3 Å². The van der Waals surface area contributed by atoms with Crippen LogP contribution in [0.3, 0.4) is 0 Å². The average molecular weight is 463 g/mol. The number of ketones is 1. The maximum atomic E-state index is 13.5. The number of aliphatic hydroxyl groups is 1. The second kappa shape index (κ2) is 9.46. The van der Waals surface area contributed by atoms with Crippen LogP contribution in [0.15, 0.2) is 18.2 Å². The van der Waals surface area contributed by atoms with Crippen molar-refractivity contribution in [1.29, 1.82) is 0 Å². The van der Waals surface area contributed by atoms with Gasteiger partial charge in [-0.1, -0.05) is 12.1 Å². The van der Waals surface area contributed by atoms with Crippen LogP contribution < -0.4 is 5.32 Å². The van der Waals surface area contributed by atoms with Gasteiger partial charge in [0, 0.05) is 26.3 Å². The SMILES string of the molecule is CC(=O)OC[C@H]1OC(O)[C@H](C(=O)c2cccc3c2C(=O)NC3=O)[C@@H](OC(C)=O)[C@@H]1OC(C)=O. The summed E-state index contributed by atoms with van der Waals surface area (Å²) in [6.07, 6.45) is -6.16. The summed E-state index contributed by atoms with van der Waals surface area (Å²) in [6.45, 7) is 2.76. The van der Waals surface area contributed by atoms with E-state index in [-0.39, 0.29) is 16.7 Å². The van der Waals surface area contributed by atoms with Crippen LogP contribution in [0.25, 0.3) is 0 Å². The first kappa shape index (κ1) is 24.0. The number of aliphatic hydroxyl groups excluding tert-OH is 1. The van der Waals surface area contributed by atoms with E-state index in [0.29, 0.717) is 0 Å². The average Bonchev–Trinajstić information content (AvgIpc) is 3.01. The molecule has 1 fully saturated rings. The van der Waals surface area contributed by atoms with Gasteiger partial charge in [-0.2, -0.15) is 0 Å². The molecule has 0 aromatic heterocycles. The van der Waals surface area contributed by atoms with Crippen LogP contribution in [-0.4, -0.2) is 71.8 Å². The first-order chi connectivity index (χ1) is 15.5. The van der Waals surface area contributed by atoms with Crippen LogP contribution in [0.1, 0.15) is 51.8 Å². The number of ether oxygens (including phenoxy) is 4. The van der Waals surface area contributed by atoms with Crippen molar-refractivity contribution in [3.8, 4) is 0 Å². The molecule has 5 atom stereocenters. The molecule has 0 spiro atoms. The molecule has 2 amide bonds. The van der Waals surface area contributed by atoms with E-state index in [0.717, 1.165) is 20.8 Å². The molecule has 1 saturated heterocycles. The predicted molar refractivity (Wildman–Crippen MR) is 105 cm³/mol. The molecule has 1 unspecified atom stereocenters. The Hall–Kier alpha value is -3.64. The molecule has 2 aliphatic rings. The number of imide groups is 1. The minimum Gasteiger partial charge on any atom is -0.463 e. The van der Waals surface area contributed by atoms with Crippen LogP contribution in [0, 0.1) is 5.92 Å². The van der Waals surface area contributed by atoms with Crippen LogP contribution in [0.4, 0.5) is 0 Å². The maximum Gasteiger partial charge on any atom is 0.303 e. The lowest BCUT2D eigenvalue weighted by Crippen LogP contribution is -2.60. The van der Waals surface area contributed by atoms with Crippen molar-refractivity contribution in [3.63, 3.8) is 0 Å². The van der Waals surface area contributed by atoms with Gasteiger partial charge in [0.2, 0.25) is 0 Å². The Bertz CT molecular complexity index is 1030. The van der Waals surface area contributed by atoms with Crippen LogP contribution in [-0.2, 0) is 33.3 Å². The van der Waals surface area contributed by atoms with Crippen molar-refractivity contribution < 1.29 is 52.8 Å². The summed E-state index contributed by atoms with van der Waals surface area (Å²) in [6, 6.07) is 3.98. The van der Waals surface area contributed by atoms with E-state index in [9.17, 15) is 33.9 Å². The van der Waals surface area contributed by atoms with Gasteiger partial charge in [0.25, 0.3) is 11.8 Å². The normalized spacial score (nSPS) is 26.1. The summed E-state index contributed by atoms with van der Waals surface area (Å²) < 4.78 is 20.8. The van der Waals surface area contributed by atoms with Crippen molar-refractivity contribution >= 4 is 35.5 Å². The van der Waals surface area contributed by atoms with Crippen LogP contribution >= 0.6 is 0 Å². The zero-order valence-corrected chi connectivity index (χ0v) is 17.9. The number of Topliss-reactive ketones (excluding diaryl/α,β-unsaturated/α-hetero) is 1. The molecule has 1 aromatic rings. The molecule has 0 aliphatic carbocycles. The lowest BCUT2D eigenvalue weighted by atomic mass is 9.83. The van der Waals surface area contributed by atoms with Crippen molar-refractivity contribution in [2.24, 2.45) is 5.92 Å². The van der Waals surface area contributed by atoms with Crippen LogP contribution in [0.5, 0.6) is 0 Å². The highest BCUT2D eigenvalue weighted by atomic mass is 16.7. The molecule has 2 heterocycles. The van der Waals surface area contributed by atoms with Gasteiger partial charge >= 0.3 is 17.9 Å². The number of benzene rings is 1. The Labute approximate surface area is 187 Å². The van der Waals surface area contributed by atoms with Gasteiger partial charge in [-0.3, -0.25) is 34.1 Å². The molecular formula is C21H21NO11. The zero-order chi connectivity index (χ0) is 24.4. The molecular weight excluding hydrogens is 442 g/mol. The fourth-order valence-corrected chi connectivity index (χ4v) is 3.80. The van der Waals surface area contributed by atoms with Gasteiger partial charge < -0.3 is 24.1 Å². The third-order valence-electron chi connectivity index (χ3n) is 5.05. The lowest BCUT2D eigenvalue weighted by Gasteiger charge is -2.42. The monoisotopic (exact) mass is 463 g/mol. The Morgan fingerprint density at radius 3 is 2.21 bits per heavy atom. The highest BCUT2D eigenvalue weighted by molar-refractivity contribution is 6.25.